The van der Waals surface area contributed by atoms with E-state index in [2.05, 4.69) is 4.72 Å². The van der Waals surface area contributed by atoms with Gasteiger partial charge >= 0.3 is 5.97 Å². The maximum absolute atomic E-state index is 12.6. The Labute approximate surface area is 191 Å². The van der Waals surface area contributed by atoms with Crippen LogP contribution in [0, 0.1) is 0 Å². The van der Waals surface area contributed by atoms with Crippen LogP contribution in [0.2, 0.25) is 0 Å². The molecular formula is C22H25NO9S. The topological polar surface area (TPSA) is 122 Å². The van der Waals surface area contributed by atoms with Crippen molar-refractivity contribution in [3.8, 4) is 23.0 Å². The van der Waals surface area contributed by atoms with Crippen molar-refractivity contribution in [1.82, 2.24) is 4.72 Å². The van der Waals surface area contributed by atoms with Crippen molar-refractivity contribution in [2.75, 3.05) is 40.9 Å². The number of benzene rings is 2. The van der Waals surface area contributed by atoms with Crippen molar-refractivity contribution in [2.24, 2.45) is 0 Å². The first kappa shape index (κ1) is 23.1. The summed E-state index contributed by atoms with van der Waals surface area (Å²) in [5.74, 6) is 1.26. The minimum Gasteiger partial charge on any atom is -0.493 e. The summed E-state index contributed by atoms with van der Waals surface area (Å²) < 4.78 is 58.2. The standard InChI is InChI=1S/C22H25NO9S/c1-27-15-6-5-13(18(21(15)28-2)22(24)29-3)19-20(32-19)14-10-17-16(30-11-31-17)9-12(14)7-8-23-33(4,25)26/h5-6,9-10,19-20,23H,7-8,11H2,1-4H3/t19-,20-/m0/s1. The van der Waals surface area contributed by atoms with Crippen molar-refractivity contribution in [2.45, 2.75) is 18.6 Å². The maximum Gasteiger partial charge on any atom is 0.342 e. The summed E-state index contributed by atoms with van der Waals surface area (Å²) in [5, 5.41) is 0. The van der Waals surface area contributed by atoms with Gasteiger partial charge in [-0.1, -0.05) is 6.07 Å². The molecule has 0 aromatic heterocycles. The van der Waals surface area contributed by atoms with E-state index < -0.39 is 22.1 Å². The molecule has 33 heavy (non-hydrogen) atoms. The fraction of sp³-hybridized carbons (Fsp3) is 0.409. The van der Waals surface area contributed by atoms with Gasteiger partial charge in [0.25, 0.3) is 0 Å². The van der Waals surface area contributed by atoms with Gasteiger partial charge < -0.3 is 28.4 Å². The number of methoxy groups -OCH3 is 3. The number of fused-ring (bicyclic) bond motifs is 1. The van der Waals surface area contributed by atoms with Crippen molar-refractivity contribution < 1.29 is 41.6 Å². The first-order chi connectivity index (χ1) is 15.8. The molecule has 10 nitrogen and oxygen atoms in total. The van der Waals surface area contributed by atoms with Gasteiger partial charge in [0.1, 0.15) is 17.8 Å². The first-order valence-corrected chi connectivity index (χ1v) is 12.0. The molecule has 1 N–H and O–H groups in total. The molecule has 2 atom stereocenters. The molecule has 0 amide bonds. The van der Waals surface area contributed by atoms with Gasteiger partial charge in [-0.2, -0.15) is 0 Å². The quantitative estimate of drug-likeness (QED) is 0.426. The lowest BCUT2D eigenvalue weighted by molar-refractivity contribution is 0.0594. The normalized spacial score (nSPS) is 18.7. The van der Waals surface area contributed by atoms with Crippen LogP contribution in [0.3, 0.4) is 0 Å². The Bertz CT molecular complexity index is 1180. The van der Waals surface area contributed by atoms with Crippen LogP contribution in [0.25, 0.3) is 0 Å². The SMILES string of the molecule is COC(=O)c1c([C@@H]2O[C@H]2c2cc3c(cc2CCNS(C)(=O)=O)OCO3)ccc(OC)c1OC. The molecule has 4 rings (SSSR count). The molecule has 2 aliphatic rings. The van der Waals surface area contributed by atoms with E-state index in [-0.39, 0.29) is 30.8 Å². The molecule has 11 heteroatoms. The lowest BCUT2D eigenvalue weighted by Crippen LogP contribution is -2.24. The van der Waals surface area contributed by atoms with Crippen LogP contribution in [-0.2, 0) is 25.9 Å². The average molecular weight is 480 g/mol. The summed E-state index contributed by atoms with van der Waals surface area (Å²) in [4.78, 5) is 12.6. The van der Waals surface area contributed by atoms with Crippen molar-refractivity contribution in [3.63, 3.8) is 0 Å². The molecule has 0 aliphatic carbocycles. The Kier molecular flexibility index (Phi) is 6.37. The number of esters is 1. The van der Waals surface area contributed by atoms with E-state index in [4.69, 9.17) is 28.4 Å². The van der Waals surface area contributed by atoms with E-state index in [0.717, 1.165) is 17.4 Å². The van der Waals surface area contributed by atoms with Crippen molar-refractivity contribution in [3.05, 3.63) is 46.5 Å². The monoisotopic (exact) mass is 479 g/mol. The van der Waals surface area contributed by atoms with Crippen molar-refractivity contribution in [1.29, 1.82) is 0 Å². The molecule has 0 radical (unpaired) electrons. The van der Waals surface area contributed by atoms with Gasteiger partial charge in [-0.15, -0.1) is 0 Å². The number of sulfonamides is 1. The zero-order chi connectivity index (χ0) is 23.8. The van der Waals surface area contributed by atoms with Crippen LogP contribution >= 0.6 is 0 Å². The second-order valence-electron chi connectivity index (χ2n) is 7.55. The highest BCUT2D eigenvalue weighted by Crippen LogP contribution is 2.56. The van der Waals surface area contributed by atoms with Crippen LogP contribution < -0.4 is 23.7 Å². The predicted molar refractivity (Wildman–Crippen MR) is 117 cm³/mol. The maximum atomic E-state index is 12.6. The average Bonchev–Trinajstić information content (AvgIpc) is 3.45. The number of nitrogens with one attached hydrogen (secondary N) is 1. The predicted octanol–water partition coefficient (Wildman–Crippen LogP) is 2.12. The van der Waals surface area contributed by atoms with Gasteiger partial charge in [-0.25, -0.2) is 17.9 Å². The fourth-order valence-corrected chi connectivity index (χ4v) is 4.40. The summed E-state index contributed by atoms with van der Waals surface area (Å²) in [5.41, 5.74) is 2.50. The molecule has 1 saturated heterocycles. The van der Waals surface area contributed by atoms with Crippen molar-refractivity contribution >= 4 is 16.0 Å². The van der Waals surface area contributed by atoms with Crippen LogP contribution in [0.5, 0.6) is 23.0 Å². The summed E-state index contributed by atoms with van der Waals surface area (Å²) >= 11 is 0. The third-order valence-corrected chi connectivity index (χ3v) is 6.19. The molecular weight excluding hydrogens is 454 g/mol. The largest absolute Gasteiger partial charge is 0.493 e. The van der Waals surface area contributed by atoms with Gasteiger partial charge in [-0.05, 0) is 35.7 Å². The Balaban J connectivity index is 1.68. The van der Waals surface area contributed by atoms with E-state index >= 15 is 0 Å². The number of rotatable bonds is 9. The second kappa shape index (κ2) is 9.08. The summed E-state index contributed by atoms with van der Waals surface area (Å²) in [7, 11) is 0.902. The minimum atomic E-state index is -3.32. The molecule has 2 aromatic carbocycles. The van der Waals surface area contributed by atoms with Crippen LogP contribution in [0.4, 0.5) is 0 Å². The molecule has 2 aliphatic heterocycles. The van der Waals surface area contributed by atoms with E-state index in [1.807, 2.05) is 12.1 Å². The zero-order valence-corrected chi connectivity index (χ0v) is 19.5. The number of epoxide rings is 1. The molecule has 2 heterocycles. The van der Waals surface area contributed by atoms with E-state index in [9.17, 15) is 13.2 Å². The van der Waals surface area contributed by atoms with Gasteiger partial charge in [0.2, 0.25) is 16.8 Å². The Hall–Kier alpha value is -3.02. The smallest absolute Gasteiger partial charge is 0.342 e. The van der Waals surface area contributed by atoms with E-state index in [0.29, 0.717) is 29.2 Å². The summed E-state index contributed by atoms with van der Waals surface area (Å²) in [6.07, 6.45) is 0.704. The molecule has 0 spiro atoms. The van der Waals surface area contributed by atoms with Crippen LogP contribution in [0.15, 0.2) is 24.3 Å². The fourth-order valence-electron chi connectivity index (χ4n) is 3.93. The van der Waals surface area contributed by atoms with Gasteiger partial charge in [0.05, 0.1) is 27.6 Å². The highest BCUT2D eigenvalue weighted by atomic mass is 32.2. The van der Waals surface area contributed by atoms with Crippen LogP contribution in [-0.4, -0.2) is 55.3 Å². The molecule has 0 saturated carbocycles. The summed E-state index contributed by atoms with van der Waals surface area (Å²) in [6.45, 7) is 0.323. The zero-order valence-electron chi connectivity index (χ0n) is 18.7. The highest BCUT2D eigenvalue weighted by Gasteiger charge is 2.46. The van der Waals surface area contributed by atoms with E-state index in [1.165, 1.54) is 21.3 Å². The number of ether oxygens (including phenoxy) is 6. The van der Waals surface area contributed by atoms with Gasteiger partial charge in [-0.3, -0.25) is 0 Å². The number of carbonyl (C=O) groups is 1. The van der Waals surface area contributed by atoms with Gasteiger partial charge in [0.15, 0.2) is 23.0 Å². The first-order valence-electron chi connectivity index (χ1n) is 10.1. The van der Waals surface area contributed by atoms with Crippen LogP contribution in [0.1, 0.15) is 39.3 Å². The lowest BCUT2D eigenvalue weighted by atomic mass is 9.94. The second-order valence-corrected chi connectivity index (χ2v) is 9.39. The van der Waals surface area contributed by atoms with Gasteiger partial charge in [0, 0.05) is 12.1 Å². The van der Waals surface area contributed by atoms with E-state index in [1.54, 1.807) is 12.1 Å². The molecule has 178 valence electrons. The summed E-state index contributed by atoms with van der Waals surface area (Å²) in [6, 6.07) is 7.11. The molecule has 1 fully saturated rings. The molecule has 0 bridgehead atoms. The Morgan fingerprint density at radius 1 is 1.06 bits per heavy atom. The number of carbonyl (C=O) groups excluding carboxylic acids is 1. The lowest BCUT2D eigenvalue weighted by Gasteiger charge is -2.15. The molecule has 0 unspecified atom stereocenters. The third-order valence-electron chi connectivity index (χ3n) is 5.46. The molecule has 2 aromatic rings. The highest BCUT2D eigenvalue weighted by molar-refractivity contribution is 7.88. The Morgan fingerprint density at radius 2 is 1.76 bits per heavy atom. The minimum absolute atomic E-state index is 0.108. The third kappa shape index (κ3) is 4.70. The number of hydrogen-bond donors (Lipinski definition) is 1. The Morgan fingerprint density at radius 3 is 2.39 bits per heavy atom. The number of hydrogen-bond acceptors (Lipinski definition) is 9.